The van der Waals surface area contributed by atoms with Crippen LogP contribution in [0, 0.1) is 5.92 Å². The first-order valence-electron chi connectivity index (χ1n) is 9.15. The van der Waals surface area contributed by atoms with Crippen LogP contribution in [-0.4, -0.2) is 33.9 Å². The van der Waals surface area contributed by atoms with Crippen LogP contribution in [-0.2, 0) is 5.75 Å². The summed E-state index contributed by atoms with van der Waals surface area (Å²) in [6.07, 6.45) is 2.32. The van der Waals surface area contributed by atoms with Crippen molar-refractivity contribution in [2.24, 2.45) is 5.92 Å². The Morgan fingerprint density at radius 1 is 1.23 bits per heavy atom. The Labute approximate surface area is 158 Å². The zero-order valence-electron chi connectivity index (χ0n) is 14.9. The number of likely N-dealkylation sites (tertiary alicyclic amines) is 1. The monoisotopic (exact) mass is 365 g/mol. The Morgan fingerprint density at radius 2 is 2.04 bits per heavy atom. The number of H-pyrrole nitrogens is 1. The van der Waals surface area contributed by atoms with E-state index in [2.05, 4.69) is 23.0 Å². The molecule has 134 valence electrons. The number of hydrogen-bond acceptors (Lipinski definition) is 3. The Balaban J connectivity index is 1.51. The summed E-state index contributed by atoms with van der Waals surface area (Å²) in [6, 6.07) is 16.0. The van der Waals surface area contributed by atoms with E-state index in [0.717, 1.165) is 52.6 Å². The van der Waals surface area contributed by atoms with Crippen LogP contribution in [0.5, 0.6) is 0 Å². The summed E-state index contributed by atoms with van der Waals surface area (Å²) in [4.78, 5) is 23.0. The zero-order valence-corrected chi connectivity index (χ0v) is 15.8. The number of aromatic amines is 1. The maximum atomic E-state index is 13.0. The van der Waals surface area contributed by atoms with Gasteiger partial charge in [-0.25, -0.2) is 4.98 Å². The van der Waals surface area contributed by atoms with Gasteiger partial charge in [-0.1, -0.05) is 49.0 Å². The first kappa shape index (κ1) is 17.2. The number of aromatic nitrogens is 2. The fraction of sp³-hybridized carbons (Fsp3) is 0.333. The average Bonchev–Trinajstić information content (AvgIpc) is 3.09. The molecule has 1 saturated heterocycles. The second-order valence-corrected chi connectivity index (χ2v) is 7.97. The van der Waals surface area contributed by atoms with Crippen LogP contribution in [0.25, 0.3) is 11.0 Å². The van der Waals surface area contributed by atoms with Crippen LogP contribution in [0.15, 0.2) is 53.7 Å². The van der Waals surface area contributed by atoms with Gasteiger partial charge in [0.1, 0.15) is 0 Å². The van der Waals surface area contributed by atoms with Gasteiger partial charge in [-0.2, -0.15) is 0 Å². The predicted molar refractivity (Wildman–Crippen MR) is 106 cm³/mol. The summed E-state index contributed by atoms with van der Waals surface area (Å²) in [5.74, 6) is 1.48. The summed E-state index contributed by atoms with van der Waals surface area (Å²) < 4.78 is 0. The molecule has 0 bridgehead atoms. The first-order chi connectivity index (χ1) is 12.7. The predicted octanol–water partition coefficient (Wildman–Crippen LogP) is 4.73. The number of imidazole rings is 1. The fourth-order valence-electron chi connectivity index (χ4n) is 3.54. The average molecular weight is 366 g/mol. The van der Waals surface area contributed by atoms with E-state index in [1.165, 1.54) is 6.42 Å². The second kappa shape index (κ2) is 7.54. The smallest absolute Gasteiger partial charge is 0.254 e. The van der Waals surface area contributed by atoms with E-state index in [0.29, 0.717) is 5.92 Å². The molecule has 1 N–H and O–H groups in total. The molecule has 2 aromatic carbocycles. The summed E-state index contributed by atoms with van der Waals surface area (Å²) in [5.41, 5.74) is 3.91. The molecule has 1 aromatic heterocycles. The van der Waals surface area contributed by atoms with E-state index in [1.54, 1.807) is 11.8 Å². The summed E-state index contributed by atoms with van der Waals surface area (Å²) in [5, 5.41) is 0.889. The highest BCUT2D eigenvalue weighted by molar-refractivity contribution is 7.98. The second-order valence-electron chi connectivity index (χ2n) is 7.00. The summed E-state index contributed by atoms with van der Waals surface area (Å²) in [6.45, 7) is 3.96. The maximum Gasteiger partial charge on any atom is 0.254 e. The quantitative estimate of drug-likeness (QED) is 0.680. The number of hydrogen-bond donors (Lipinski definition) is 1. The normalized spacial score (nSPS) is 17.6. The molecular formula is C21H23N3OS. The van der Waals surface area contributed by atoms with Crippen molar-refractivity contribution in [1.82, 2.24) is 14.9 Å². The third kappa shape index (κ3) is 3.63. The molecule has 0 saturated carbocycles. The molecule has 4 nitrogen and oxygen atoms in total. The van der Waals surface area contributed by atoms with Crippen LogP contribution in [0.4, 0.5) is 0 Å². The molecule has 1 aliphatic rings. The van der Waals surface area contributed by atoms with Crippen LogP contribution in [0.3, 0.4) is 0 Å². The highest BCUT2D eigenvalue weighted by Gasteiger charge is 2.23. The first-order valence-corrected chi connectivity index (χ1v) is 10.1. The molecule has 26 heavy (non-hydrogen) atoms. The molecule has 0 spiro atoms. The number of benzene rings is 2. The number of para-hydroxylation sites is 2. The summed E-state index contributed by atoms with van der Waals surface area (Å²) in [7, 11) is 0. The highest BCUT2D eigenvalue weighted by Crippen LogP contribution is 2.26. The molecule has 1 atom stereocenters. The largest absolute Gasteiger partial charge is 0.338 e. The SMILES string of the molecule is CC1CCCN(C(=O)c2ccccc2CSc2nc3ccccc3[nH]2)C1. The fourth-order valence-corrected chi connectivity index (χ4v) is 4.43. The lowest BCUT2D eigenvalue weighted by atomic mass is 9.99. The number of thioether (sulfide) groups is 1. The lowest BCUT2D eigenvalue weighted by Gasteiger charge is -2.31. The minimum absolute atomic E-state index is 0.164. The van der Waals surface area contributed by atoms with E-state index in [-0.39, 0.29) is 5.91 Å². The molecule has 5 heteroatoms. The highest BCUT2D eigenvalue weighted by atomic mass is 32.2. The number of nitrogens with one attached hydrogen (secondary N) is 1. The topological polar surface area (TPSA) is 49.0 Å². The number of carbonyl (C=O) groups excluding carboxylic acids is 1. The van der Waals surface area contributed by atoms with Crippen LogP contribution in [0.1, 0.15) is 35.7 Å². The Hall–Kier alpha value is -2.27. The Kier molecular flexibility index (Phi) is 4.98. The van der Waals surface area contributed by atoms with Crippen molar-refractivity contribution in [3.05, 3.63) is 59.7 Å². The minimum atomic E-state index is 0.164. The number of carbonyl (C=O) groups is 1. The van der Waals surface area contributed by atoms with Crippen LogP contribution in [0.2, 0.25) is 0 Å². The number of rotatable bonds is 4. The van der Waals surface area contributed by atoms with Gasteiger partial charge in [0.25, 0.3) is 5.91 Å². The molecule has 1 fully saturated rings. The number of nitrogens with zero attached hydrogens (tertiary/aromatic N) is 2. The molecule has 1 amide bonds. The zero-order chi connectivity index (χ0) is 17.9. The molecule has 1 aliphatic heterocycles. The third-order valence-corrected chi connectivity index (χ3v) is 5.85. The van der Waals surface area contributed by atoms with Crippen molar-refractivity contribution < 1.29 is 4.79 Å². The molecule has 0 radical (unpaired) electrons. The molecular weight excluding hydrogens is 342 g/mol. The van der Waals surface area contributed by atoms with Gasteiger partial charge >= 0.3 is 0 Å². The van der Waals surface area contributed by atoms with Crippen molar-refractivity contribution in [2.75, 3.05) is 13.1 Å². The van der Waals surface area contributed by atoms with E-state index >= 15 is 0 Å². The standard InChI is InChI=1S/C21H23N3OS/c1-15-7-6-12-24(13-15)20(25)17-9-3-2-8-16(17)14-26-21-22-18-10-4-5-11-19(18)23-21/h2-5,8-11,15H,6-7,12-14H2,1H3,(H,22,23). The van der Waals surface area contributed by atoms with Crippen molar-refractivity contribution in [3.8, 4) is 0 Å². The van der Waals surface area contributed by atoms with Crippen LogP contribution < -0.4 is 0 Å². The Morgan fingerprint density at radius 3 is 2.88 bits per heavy atom. The van der Waals surface area contributed by atoms with Gasteiger partial charge in [-0.05, 0) is 42.5 Å². The Bertz CT molecular complexity index is 887. The molecule has 4 rings (SSSR count). The van der Waals surface area contributed by atoms with E-state index in [9.17, 15) is 4.79 Å². The number of fused-ring (bicyclic) bond motifs is 1. The van der Waals surface area contributed by atoms with Crippen molar-refractivity contribution >= 4 is 28.7 Å². The third-order valence-electron chi connectivity index (χ3n) is 4.92. The van der Waals surface area contributed by atoms with E-state index in [1.807, 2.05) is 47.4 Å². The molecule has 0 aliphatic carbocycles. The lowest BCUT2D eigenvalue weighted by Crippen LogP contribution is -2.39. The van der Waals surface area contributed by atoms with E-state index < -0.39 is 0 Å². The van der Waals surface area contributed by atoms with Gasteiger partial charge in [0.15, 0.2) is 5.16 Å². The number of piperidine rings is 1. The van der Waals surface area contributed by atoms with Gasteiger partial charge in [-0.3, -0.25) is 4.79 Å². The molecule has 2 heterocycles. The van der Waals surface area contributed by atoms with Gasteiger partial charge in [0.2, 0.25) is 0 Å². The van der Waals surface area contributed by atoms with E-state index in [4.69, 9.17) is 0 Å². The van der Waals surface area contributed by atoms with Crippen molar-refractivity contribution in [3.63, 3.8) is 0 Å². The summed E-state index contributed by atoms with van der Waals surface area (Å²) >= 11 is 1.64. The van der Waals surface area contributed by atoms with Gasteiger partial charge in [0.05, 0.1) is 11.0 Å². The number of amides is 1. The van der Waals surface area contributed by atoms with Crippen molar-refractivity contribution in [2.45, 2.75) is 30.7 Å². The molecule has 1 unspecified atom stereocenters. The maximum absolute atomic E-state index is 13.0. The molecule has 3 aromatic rings. The van der Waals surface area contributed by atoms with Crippen LogP contribution >= 0.6 is 11.8 Å². The van der Waals surface area contributed by atoms with Gasteiger partial charge < -0.3 is 9.88 Å². The van der Waals surface area contributed by atoms with Crippen molar-refractivity contribution in [1.29, 1.82) is 0 Å². The van der Waals surface area contributed by atoms with Gasteiger partial charge in [-0.15, -0.1) is 0 Å². The minimum Gasteiger partial charge on any atom is -0.338 e. The van der Waals surface area contributed by atoms with Gasteiger partial charge in [0, 0.05) is 24.4 Å². The lowest BCUT2D eigenvalue weighted by molar-refractivity contribution is 0.0682.